The number of hydrazine groups is 1. The van der Waals surface area contributed by atoms with Crippen LogP contribution in [0.1, 0.15) is 64.2 Å². The lowest BCUT2D eigenvalue weighted by Crippen LogP contribution is -2.64. The van der Waals surface area contributed by atoms with Crippen molar-refractivity contribution in [1.82, 2.24) is 37.6 Å². The molecule has 0 aromatic heterocycles. The van der Waals surface area contributed by atoms with Crippen molar-refractivity contribution in [3.8, 4) is 0 Å². The van der Waals surface area contributed by atoms with Crippen LogP contribution in [0.5, 0.6) is 0 Å². The summed E-state index contributed by atoms with van der Waals surface area (Å²) >= 11 is 0. The number of nitrogens with one attached hydrogen (secondary N) is 7. The monoisotopic (exact) mass is 451 g/mol. The molecule has 0 bridgehead atoms. The van der Waals surface area contributed by atoms with E-state index in [-0.39, 0.29) is 36.3 Å². The highest BCUT2D eigenvalue weighted by Crippen LogP contribution is 2.33. The van der Waals surface area contributed by atoms with Gasteiger partial charge in [-0.2, -0.15) is 5.48 Å². The molecule has 0 spiro atoms. The highest BCUT2D eigenvalue weighted by molar-refractivity contribution is 5.79. The van der Waals surface area contributed by atoms with Crippen LogP contribution in [0, 0.1) is 17.8 Å². The number of hydrogen-bond acceptors (Lipinski definition) is 8. The second-order valence-electron chi connectivity index (χ2n) is 9.67. The second kappa shape index (κ2) is 12.2. The molecule has 0 aromatic carbocycles. The van der Waals surface area contributed by atoms with Gasteiger partial charge in [0.25, 0.3) is 0 Å². The summed E-state index contributed by atoms with van der Waals surface area (Å²) in [4.78, 5) is 29.8. The minimum absolute atomic E-state index is 0.0148. The molecule has 0 radical (unpaired) electrons. The molecule has 5 atom stereocenters. The van der Waals surface area contributed by atoms with E-state index in [0.29, 0.717) is 24.8 Å². The predicted molar refractivity (Wildman–Crippen MR) is 121 cm³/mol. The molecular formula is C22H41N7O3. The van der Waals surface area contributed by atoms with E-state index in [4.69, 9.17) is 4.84 Å². The molecule has 10 heteroatoms. The molecule has 5 unspecified atom stereocenters. The molecule has 4 rings (SSSR count). The highest BCUT2D eigenvalue weighted by Gasteiger charge is 2.39. The molecule has 2 amide bonds. The summed E-state index contributed by atoms with van der Waals surface area (Å²) in [6, 6.07) is 0. The quantitative estimate of drug-likeness (QED) is 0.228. The minimum Gasteiger partial charge on any atom is -0.356 e. The van der Waals surface area contributed by atoms with Crippen LogP contribution in [0.3, 0.4) is 0 Å². The van der Waals surface area contributed by atoms with Crippen molar-refractivity contribution in [2.24, 2.45) is 17.8 Å². The van der Waals surface area contributed by atoms with Crippen LogP contribution in [-0.4, -0.2) is 56.6 Å². The molecule has 4 fully saturated rings. The molecule has 4 aliphatic rings. The lowest BCUT2D eigenvalue weighted by Gasteiger charge is -2.41. The van der Waals surface area contributed by atoms with Crippen LogP contribution in [0.15, 0.2) is 0 Å². The van der Waals surface area contributed by atoms with Crippen molar-refractivity contribution in [3.05, 3.63) is 0 Å². The Morgan fingerprint density at radius 2 is 1.91 bits per heavy atom. The van der Waals surface area contributed by atoms with E-state index in [2.05, 4.69) is 37.6 Å². The van der Waals surface area contributed by atoms with Crippen molar-refractivity contribution in [2.75, 3.05) is 26.2 Å². The van der Waals surface area contributed by atoms with Gasteiger partial charge in [-0.1, -0.05) is 12.8 Å². The predicted octanol–water partition coefficient (Wildman–Crippen LogP) is -0.204. The standard InChI is InChI=1S/C22H41N7O3/c30-18(7-3-8-19-26-20(29-32-19)15-9-13-23-14-10-15)24-11-4-12-25-21-16-5-1-2-6-17(16)22(31)28-27-21/h15-17,19-21,23,25-27,29H,1-14H2,(H,24,30)(H,28,31). The Kier molecular flexibility index (Phi) is 9.12. The van der Waals surface area contributed by atoms with Crippen LogP contribution in [0.4, 0.5) is 0 Å². The Morgan fingerprint density at radius 3 is 2.78 bits per heavy atom. The van der Waals surface area contributed by atoms with E-state index in [1.165, 1.54) is 6.42 Å². The van der Waals surface area contributed by atoms with Gasteiger partial charge in [0.05, 0.1) is 12.3 Å². The zero-order valence-electron chi connectivity index (χ0n) is 19.1. The molecule has 3 saturated heterocycles. The van der Waals surface area contributed by atoms with Crippen molar-refractivity contribution < 1.29 is 14.4 Å². The van der Waals surface area contributed by atoms with Gasteiger partial charge < -0.3 is 16.0 Å². The topological polar surface area (TPSA) is 128 Å². The van der Waals surface area contributed by atoms with Crippen LogP contribution < -0.4 is 37.6 Å². The molecule has 3 aliphatic heterocycles. The maximum absolute atomic E-state index is 12.1. The van der Waals surface area contributed by atoms with Gasteiger partial charge >= 0.3 is 0 Å². The number of rotatable bonds is 10. The fraction of sp³-hybridized carbons (Fsp3) is 0.909. The lowest BCUT2D eigenvalue weighted by molar-refractivity contribution is -0.134. The number of amides is 2. The molecule has 0 aromatic rings. The van der Waals surface area contributed by atoms with E-state index in [1.54, 1.807) is 0 Å². The first-order chi connectivity index (χ1) is 15.7. The third-order valence-corrected chi connectivity index (χ3v) is 7.40. The molecule has 7 N–H and O–H groups in total. The number of hydroxylamine groups is 1. The average molecular weight is 452 g/mol. The maximum Gasteiger partial charge on any atom is 0.237 e. The van der Waals surface area contributed by atoms with Gasteiger partial charge in [0.15, 0.2) is 0 Å². The number of piperidine rings is 1. The number of hydrogen-bond donors (Lipinski definition) is 7. The third kappa shape index (κ3) is 6.61. The van der Waals surface area contributed by atoms with Crippen molar-refractivity contribution in [1.29, 1.82) is 0 Å². The van der Waals surface area contributed by atoms with Crippen LogP contribution in [-0.2, 0) is 14.4 Å². The summed E-state index contributed by atoms with van der Waals surface area (Å²) in [6.07, 6.45) is 10.1. The summed E-state index contributed by atoms with van der Waals surface area (Å²) in [5, 5.41) is 13.4. The third-order valence-electron chi connectivity index (χ3n) is 7.40. The first-order valence-electron chi connectivity index (χ1n) is 12.6. The Balaban J connectivity index is 1.02. The van der Waals surface area contributed by atoms with Crippen molar-refractivity contribution in [3.63, 3.8) is 0 Å². The Morgan fingerprint density at radius 1 is 1.06 bits per heavy atom. The lowest BCUT2D eigenvalue weighted by atomic mass is 9.76. The molecule has 1 aliphatic carbocycles. The Bertz CT molecular complexity index is 616. The van der Waals surface area contributed by atoms with Gasteiger partial charge in [-0.3, -0.25) is 25.2 Å². The summed E-state index contributed by atoms with van der Waals surface area (Å²) in [6.45, 7) is 3.61. The van der Waals surface area contributed by atoms with Gasteiger partial charge in [-0.05, 0) is 70.5 Å². The summed E-state index contributed by atoms with van der Waals surface area (Å²) in [7, 11) is 0. The summed E-state index contributed by atoms with van der Waals surface area (Å²) in [5.41, 5.74) is 9.07. The number of fused-ring (bicyclic) bond motifs is 1. The number of carbonyl (C=O) groups excluding carboxylic acids is 2. The highest BCUT2D eigenvalue weighted by atomic mass is 16.7. The van der Waals surface area contributed by atoms with E-state index in [0.717, 1.165) is 71.0 Å². The molecular weight excluding hydrogens is 410 g/mol. The van der Waals surface area contributed by atoms with E-state index >= 15 is 0 Å². The molecule has 1 saturated carbocycles. The fourth-order valence-electron chi connectivity index (χ4n) is 5.52. The number of carbonyl (C=O) groups is 2. The maximum atomic E-state index is 12.1. The zero-order valence-corrected chi connectivity index (χ0v) is 19.1. The Labute approximate surface area is 191 Å². The van der Waals surface area contributed by atoms with Crippen LogP contribution in [0.2, 0.25) is 0 Å². The van der Waals surface area contributed by atoms with Gasteiger partial charge in [-0.25, -0.2) is 5.43 Å². The second-order valence-corrected chi connectivity index (χ2v) is 9.67. The van der Waals surface area contributed by atoms with E-state index in [9.17, 15) is 9.59 Å². The van der Waals surface area contributed by atoms with E-state index < -0.39 is 0 Å². The molecule has 10 nitrogen and oxygen atoms in total. The van der Waals surface area contributed by atoms with Crippen LogP contribution >= 0.6 is 0 Å². The first kappa shape index (κ1) is 23.8. The average Bonchev–Trinajstić information content (AvgIpc) is 3.30. The van der Waals surface area contributed by atoms with Gasteiger partial charge in [0.2, 0.25) is 11.8 Å². The van der Waals surface area contributed by atoms with Gasteiger partial charge in [0, 0.05) is 24.8 Å². The SMILES string of the molecule is O=C(CCCC1NC(C2CCNCC2)NO1)NCCCNC1NNC(=O)C2CCCCC12. The molecule has 3 heterocycles. The van der Waals surface area contributed by atoms with E-state index in [1.807, 2.05) is 0 Å². The van der Waals surface area contributed by atoms with Gasteiger partial charge in [-0.15, -0.1) is 0 Å². The first-order valence-corrected chi connectivity index (χ1v) is 12.6. The fourth-order valence-corrected chi connectivity index (χ4v) is 5.52. The minimum atomic E-state index is -0.0148. The normalized spacial score (nSPS) is 33.5. The zero-order chi connectivity index (χ0) is 22.2. The largest absolute Gasteiger partial charge is 0.356 e. The Hall–Kier alpha value is -1.30. The molecule has 182 valence electrons. The summed E-state index contributed by atoms with van der Waals surface area (Å²) < 4.78 is 0. The van der Waals surface area contributed by atoms with Crippen molar-refractivity contribution >= 4 is 11.8 Å². The van der Waals surface area contributed by atoms with Crippen LogP contribution in [0.25, 0.3) is 0 Å². The summed E-state index contributed by atoms with van der Waals surface area (Å²) in [5.74, 6) is 1.33. The molecule has 32 heavy (non-hydrogen) atoms. The smallest absolute Gasteiger partial charge is 0.237 e. The van der Waals surface area contributed by atoms with Crippen molar-refractivity contribution in [2.45, 2.75) is 82.8 Å². The van der Waals surface area contributed by atoms with Gasteiger partial charge in [0.1, 0.15) is 6.23 Å².